The summed E-state index contributed by atoms with van der Waals surface area (Å²) in [5, 5.41) is 6.14. The number of nitrogens with one attached hydrogen (secondary N) is 2. The van der Waals surface area contributed by atoms with Crippen molar-refractivity contribution in [1.29, 1.82) is 0 Å². The lowest BCUT2D eigenvalue weighted by molar-refractivity contribution is -0.144. The van der Waals surface area contributed by atoms with Crippen LogP contribution in [-0.4, -0.2) is 31.6 Å². The number of piperidine rings is 1. The standard InChI is InChI=1S/C17H23FN2O3.ClH/c1-2-23-16(21)11-15(12-3-5-14(18)6-4-12)20-17(22)13-7-9-19-10-8-13;/h3-6,13,15,19H,2,7-11H2,1H3,(H,20,22);1H. The molecule has 0 spiro atoms. The number of rotatable bonds is 6. The number of carbonyl (C=O) groups is 2. The van der Waals surface area contributed by atoms with Gasteiger partial charge in [-0.05, 0) is 50.6 Å². The van der Waals surface area contributed by atoms with Gasteiger partial charge in [-0.3, -0.25) is 9.59 Å². The highest BCUT2D eigenvalue weighted by atomic mass is 35.5. The highest BCUT2D eigenvalue weighted by Gasteiger charge is 2.25. The predicted molar refractivity (Wildman–Crippen MR) is 91.4 cm³/mol. The second kappa shape index (κ2) is 10.3. The molecule has 1 saturated heterocycles. The van der Waals surface area contributed by atoms with E-state index in [-0.39, 0.29) is 49.0 Å². The first-order valence-electron chi connectivity index (χ1n) is 8.02. The van der Waals surface area contributed by atoms with Gasteiger partial charge >= 0.3 is 5.97 Å². The lowest BCUT2D eigenvalue weighted by Crippen LogP contribution is -2.40. The summed E-state index contributed by atoms with van der Waals surface area (Å²) in [7, 11) is 0. The maximum absolute atomic E-state index is 13.1. The van der Waals surface area contributed by atoms with Crippen molar-refractivity contribution in [3.63, 3.8) is 0 Å². The fraction of sp³-hybridized carbons (Fsp3) is 0.529. The van der Waals surface area contributed by atoms with E-state index < -0.39 is 6.04 Å². The average Bonchev–Trinajstić information content (AvgIpc) is 2.56. The number of esters is 1. The summed E-state index contributed by atoms with van der Waals surface area (Å²) in [5.41, 5.74) is 0.696. The highest BCUT2D eigenvalue weighted by Crippen LogP contribution is 2.20. The van der Waals surface area contributed by atoms with Gasteiger partial charge in [-0.15, -0.1) is 12.4 Å². The minimum atomic E-state index is -0.503. The number of hydrogen-bond donors (Lipinski definition) is 2. The van der Waals surface area contributed by atoms with E-state index in [1.54, 1.807) is 19.1 Å². The van der Waals surface area contributed by atoms with Crippen LogP contribution in [0, 0.1) is 11.7 Å². The van der Waals surface area contributed by atoms with Gasteiger partial charge in [-0.1, -0.05) is 12.1 Å². The van der Waals surface area contributed by atoms with E-state index in [1.807, 2.05) is 0 Å². The Balaban J connectivity index is 0.00000288. The van der Waals surface area contributed by atoms with Gasteiger partial charge in [0.15, 0.2) is 0 Å². The molecule has 0 aliphatic carbocycles. The molecular formula is C17H24ClFN2O3. The molecule has 0 radical (unpaired) electrons. The molecule has 1 heterocycles. The summed E-state index contributed by atoms with van der Waals surface area (Å²) in [5.74, 6) is -0.854. The Kier molecular flexibility index (Phi) is 8.71. The Morgan fingerprint density at radius 1 is 1.29 bits per heavy atom. The molecule has 1 fully saturated rings. The summed E-state index contributed by atoms with van der Waals surface area (Å²) in [6, 6.07) is 5.31. The molecule has 0 bridgehead atoms. The average molecular weight is 359 g/mol. The maximum atomic E-state index is 13.1. The van der Waals surface area contributed by atoms with Crippen molar-refractivity contribution in [2.24, 2.45) is 5.92 Å². The molecule has 1 amide bonds. The molecule has 7 heteroatoms. The monoisotopic (exact) mass is 358 g/mol. The molecule has 0 aromatic heterocycles. The molecule has 1 atom stereocenters. The molecule has 1 aliphatic heterocycles. The van der Waals surface area contributed by atoms with Crippen LogP contribution in [0.4, 0.5) is 4.39 Å². The molecule has 24 heavy (non-hydrogen) atoms. The lowest BCUT2D eigenvalue weighted by atomic mass is 9.95. The van der Waals surface area contributed by atoms with Gasteiger partial charge in [0.2, 0.25) is 5.91 Å². The van der Waals surface area contributed by atoms with Crippen molar-refractivity contribution in [2.45, 2.75) is 32.2 Å². The molecule has 134 valence electrons. The fourth-order valence-corrected chi connectivity index (χ4v) is 2.71. The highest BCUT2D eigenvalue weighted by molar-refractivity contribution is 5.85. The second-order valence-electron chi connectivity index (χ2n) is 5.65. The maximum Gasteiger partial charge on any atom is 0.308 e. The Bertz CT molecular complexity index is 533. The summed E-state index contributed by atoms with van der Waals surface area (Å²) >= 11 is 0. The van der Waals surface area contributed by atoms with E-state index in [9.17, 15) is 14.0 Å². The molecule has 2 N–H and O–H groups in total. The zero-order valence-corrected chi connectivity index (χ0v) is 14.5. The van der Waals surface area contributed by atoms with Crippen LogP contribution in [0.2, 0.25) is 0 Å². The molecule has 5 nitrogen and oxygen atoms in total. The van der Waals surface area contributed by atoms with Crippen LogP contribution in [0.5, 0.6) is 0 Å². The van der Waals surface area contributed by atoms with Crippen LogP contribution in [0.15, 0.2) is 24.3 Å². The lowest BCUT2D eigenvalue weighted by Gasteiger charge is -2.25. The van der Waals surface area contributed by atoms with E-state index in [0.29, 0.717) is 5.56 Å². The van der Waals surface area contributed by atoms with Gasteiger partial charge in [-0.2, -0.15) is 0 Å². The Morgan fingerprint density at radius 3 is 2.50 bits per heavy atom. The van der Waals surface area contributed by atoms with E-state index in [1.165, 1.54) is 12.1 Å². The van der Waals surface area contributed by atoms with E-state index in [4.69, 9.17) is 4.74 Å². The van der Waals surface area contributed by atoms with Crippen LogP contribution in [0.3, 0.4) is 0 Å². The first-order valence-corrected chi connectivity index (χ1v) is 8.02. The molecule has 1 aromatic carbocycles. The quantitative estimate of drug-likeness (QED) is 0.766. The van der Waals surface area contributed by atoms with Gasteiger partial charge in [0.25, 0.3) is 0 Å². The fourth-order valence-electron chi connectivity index (χ4n) is 2.71. The molecule has 0 saturated carbocycles. The molecule has 2 rings (SSSR count). The van der Waals surface area contributed by atoms with E-state index >= 15 is 0 Å². The van der Waals surface area contributed by atoms with E-state index in [0.717, 1.165) is 25.9 Å². The van der Waals surface area contributed by atoms with Gasteiger partial charge < -0.3 is 15.4 Å². The van der Waals surface area contributed by atoms with Crippen LogP contribution in [0.1, 0.15) is 37.8 Å². The van der Waals surface area contributed by atoms with Crippen molar-refractivity contribution < 1.29 is 18.7 Å². The predicted octanol–water partition coefficient (Wildman–Crippen LogP) is 2.36. The third-order valence-corrected chi connectivity index (χ3v) is 3.97. The number of ether oxygens (including phenoxy) is 1. The SMILES string of the molecule is CCOC(=O)CC(NC(=O)C1CCNCC1)c1ccc(F)cc1.Cl. The third kappa shape index (κ3) is 6.09. The number of halogens is 2. The number of benzene rings is 1. The summed E-state index contributed by atoms with van der Waals surface area (Å²) in [6.07, 6.45) is 1.60. The first kappa shape index (κ1) is 20.4. The molecule has 1 unspecified atom stereocenters. The Morgan fingerprint density at radius 2 is 1.92 bits per heavy atom. The van der Waals surface area contributed by atoms with Crippen molar-refractivity contribution in [3.05, 3.63) is 35.6 Å². The van der Waals surface area contributed by atoms with E-state index in [2.05, 4.69) is 10.6 Å². The minimum Gasteiger partial charge on any atom is -0.466 e. The normalized spacial score (nSPS) is 15.9. The van der Waals surface area contributed by atoms with Gasteiger partial charge in [0.05, 0.1) is 19.1 Å². The number of hydrogen-bond acceptors (Lipinski definition) is 4. The van der Waals surface area contributed by atoms with Crippen molar-refractivity contribution in [2.75, 3.05) is 19.7 Å². The zero-order chi connectivity index (χ0) is 16.7. The summed E-state index contributed by atoms with van der Waals surface area (Å²) in [4.78, 5) is 24.2. The Labute approximate surface area is 147 Å². The number of amides is 1. The zero-order valence-electron chi connectivity index (χ0n) is 13.7. The summed E-state index contributed by atoms with van der Waals surface area (Å²) in [6.45, 7) is 3.66. The molecular weight excluding hydrogens is 335 g/mol. The summed E-state index contributed by atoms with van der Waals surface area (Å²) < 4.78 is 18.1. The van der Waals surface area contributed by atoms with Crippen LogP contribution >= 0.6 is 12.4 Å². The van der Waals surface area contributed by atoms with Gasteiger partial charge in [0.1, 0.15) is 5.82 Å². The van der Waals surface area contributed by atoms with Crippen LogP contribution in [-0.2, 0) is 14.3 Å². The van der Waals surface area contributed by atoms with Crippen molar-refractivity contribution in [1.82, 2.24) is 10.6 Å². The van der Waals surface area contributed by atoms with Crippen LogP contribution < -0.4 is 10.6 Å². The second-order valence-corrected chi connectivity index (χ2v) is 5.65. The topological polar surface area (TPSA) is 67.4 Å². The molecule has 1 aromatic rings. The smallest absolute Gasteiger partial charge is 0.308 e. The van der Waals surface area contributed by atoms with Gasteiger partial charge in [-0.25, -0.2) is 4.39 Å². The third-order valence-electron chi connectivity index (χ3n) is 3.97. The van der Waals surface area contributed by atoms with Crippen LogP contribution in [0.25, 0.3) is 0 Å². The first-order chi connectivity index (χ1) is 11.1. The van der Waals surface area contributed by atoms with Crippen molar-refractivity contribution >= 4 is 24.3 Å². The van der Waals surface area contributed by atoms with Crippen molar-refractivity contribution in [3.8, 4) is 0 Å². The largest absolute Gasteiger partial charge is 0.466 e. The Hall–Kier alpha value is -1.66. The minimum absolute atomic E-state index is 0. The van der Waals surface area contributed by atoms with Gasteiger partial charge in [0, 0.05) is 5.92 Å². The molecule has 1 aliphatic rings. The number of carbonyl (C=O) groups excluding carboxylic acids is 2.